The number of hydrogen-bond donors (Lipinski definition) is 2. The number of anilines is 1. The molecule has 0 amide bonds. The van der Waals surface area contributed by atoms with Gasteiger partial charge in [-0.3, -0.25) is 4.90 Å². The number of nitrogens with one attached hydrogen (secondary N) is 1. The van der Waals surface area contributed by atoms with Crippen LogP contribution in [0.5, 0.6) is 17.2 Å². The summed E-state index contributed by atoms with van der Waals surface area (Å²) in [4.78, 5) is 22.9. The molecule has 52 heavy (non-hydrogen) atoms. The topological polar surface area (TPSA) is 107 Å². The SMILES string of the molecule is CCCCCOc1ccc(C2CC(c3ccc4c(c3)OCO4)CN2CC=O)cc1.CCCOC.CCc1cc(C)cc(CC)c1NC.CSC(=O)O. The average Bonchev–Trinajstić information content (AvgIpc) is 3.81. The zero-order valence-electron chi connectivity index (χ0n) is 32.7. The highest BCUT2D eigenvalue weighted by molar-refractivity contribution is 8.12. The molecule has 3 aromatic carbocycles. The Morgan fingerprint density at radius 1 is 0.942 bits per heavy atom. The lowest BCUT2D eigenvalue weighted by molar-refractivity contribution is -0.109. The largest absolute Gasteiger partial charge is 0.494 e. The Labute approximate surface area is 316 Å². The van der Waals surface area contributed by atoms with Crippen LogP contribution >= 0.6 is 11.8 Å². The van der Waals surface area contributed by atoms with Gasteiger partial charge in [0.1, 0.15) is 12.0 Å². The molecule has 0 saturated carbocycles. The van der Waals surface area contributed by atoms with E-state index < -0.39 is 5.30 Å². The normalized spacial score (nSPS) is 15.6. The van der Waals surface area contributed by atoms with Gasteiger partial charge in [-0.1, -0.05) is 76.4 Å². The number of nitrogens with zero attached hydrogens (tertiary/aromatic N) is 1. The Morgan fingerprint density at radius 3 is 2.10 bits per heavy atom. The predicted octanol–water partition coefficient (Wildman–Crippen LogP) is 9.95. The first-order valence-corrected chi connectivity index (χ1v) is 19.8. The Hall–Kier alpha value is -3.73. The van der Waals surface area contributed by atoms with Gasteiger partial charge in [-0.15, -0.1) is 0 Å². The molecule has 9 nitrogen and oxygen atoms in total. The number of unbranched alkanes of at least 4 members (excludes halogenated alkanes) is 2. The summed E-state index contributed by atoms with van der Waals surface area (Å²) in [5.41, 5.74) is 8.03. The number of fused-ring (bicyclic) bond motifs is 1. The third-order valence-corrected chi connectivity index (χ3v) is 9.25. The predicted molar refractivity (Wildman–Crippen MR) is 215 cm³/mol. The van der Waals surface area contributed by atoms with Crippen LogP contribution in [0.4, 0.5) is 10.5 Å². The number of likely N-dealkylation sites (tertiary alicyclic amines) is 1. The molecule has 2 heterocycles. The second kappa shape index (κ2) is 25.3. The van der Waals surface area contributed by atoms with Crippen molar-refractivity contribution < 1.29 is 33.6 Å². The van der Waals surface area contributed by atoms with Crippen molar-refractivity contribution in [3.63, 3.8) is 0 Å². The van der Waals surface area contributed by atoms with Crippen molar-refractivity contribution in [1.29, 1.82) is 0 Å². The van der Waals surface area contributed by atoms with Crippen molar-refractivity contribution >= 4 is 29.0 Å². The fraction of sp³-hybridized carbons (Fsp3) is 0.524. The third-order valence-electron chi connectivity index (χ3n) is 8.90. The fourth-order valence-corrected chi connectivity index (χ4v) is 6.31. The van der Waals surface area contributed by atoms with Gasteiger partial charge >= 0.3 is 5.30 Å². The Balaban J connectivity index is 0.000000335. The van der Waals surface area contributed by atoms with Gasteiger partial charge in [0.25, 0.3) is 0 Å². The molecule has 2 aliphatic rings. The van der Waals surface area contributed by atoms with Gasteiger partial charge in [-0.2, -0.15) is 0 Å². The van der Waals surface area contributed by atoms with E-state index in [0.717, 1.165) is 87.2 Å². The average molecular weight is 739 g/mol. The van der Waals surface area contributed by atoms with Crippen LogP contribution in [0.1, 0.15) is 99.6 Å². The van der Waals surface area contributed by atoms with E-state index in [9.17, 15) is 9.59 Å². The molecule has 2 N–H and O–H groups in total. The molecule has 2 unspecified atom stereocenters. The number of aryl methyl sites for hydroxylation is 3. The lowest BCUT2D eigenvalue weighted by Gasteiger charge is -2.22. The highest BCUT2D eigenvalue weighted by Crippen LogP contribution is 2.43. The lowest BCUT2D eigenvalue weighted by Crippen LogP contribution is -2.25. The van der Waals surface area contributed by atoms with Gasteiger partial charge in [-0.05, 0) is 109 Å². The molecule has 0 aromatic heterocycles. The minimum Gasteiger partial charge on any atom is -0.494 e. The second-order valence-corrected chi connectivity index (χ2v) is 13.4. The molecule has 0 bridgehead atoms. The second-order valence-electron chi connectivity index (χ2n) is 12.7. The van der Waals surface area contributed by atoms with Crippen molar-refractivity contribution in [2.24, 2.45) is 0 Å². The van der Waals surface area contributed by atoms with Crippen molar-refractivity contribution in [1.82, 2.24) is 4.90 Å². The molecular weight excluding hydrogens is 677 g/mol. The van der Waals surface area contributed by atoms with E-state index in [0.29, 0.717) is 12.5 Å². The van der Waals surface area contributed by atoms with E-state index in [1.165, 1.54) is 52.6 Å². The Bertz CT molecular complexity index is 1440. The quantitative estimate of drug-likeness (QED) is 0.123. The number of carbonyl (C=O) groups excluding carboxylic acids is 1. The molecule has 1 fully saturated rings. The van der Waals surface area contributed by atoms with E-state index in [-0.39, 0.29) is 12.8 Å². The summed E-state index contributed by atoms with van der Waals surface area (Å²) in [5, 5.41) is 10.1. The van der Waals surface area contributed by atoms with Gasteiger partial charge < -0.3 is 34.2 Å². The Morgan fingerprint density at radius 2 is 1.58 bits per heavy atom. The Kier molecular flexibility index (Phi) is 21.6. The number of rotatable bonds is 14. The molecule has 0 radical (unpaired) electrons. The number of aldehydes is 1. The number of hydrogen-bond acceptors (Lipinski definition) is 9. The first-order chi connectivity index (χ1) is 25.2. The van der Waals surface area contributed by atoms with Crippen LogP contribution in [0, 0.1) is 6.92 Å². The van der Waals surface area contributed by atoms with Crippen LogP contribution < -0.4 is 19.5 Å². The van der Waals surface area contributed by atoms with Gasteiger partial charge in [0.2, 0.25) is 6.79 Å². The minimum atomic E-state index is -0.829. The molecule has 10 heteroatoms. The van der Waals surface area contributed by atoms with Crippen molar-refractivity contribution in [2.45, 2.75) is 91.5 Å². The van der Waals surface area contributed by atoms with Gasteiger partial charge in [0.15, 0.2) is 11.5 Å². The van der Waals surface area contributed by atoms with Crippen LogP contribution in [0.25, 0.3) is 0 Å². The zero-order chi connectivity index (χ0) is 38.3. The van der Waals surface area contributed by atoms with Crippen LogP contribution in [0.15, 0.2) is 54.6 Å². The van der Waals surface area contributed by atoms with E-state index in [2.05, 4.69) is 81.2 Å². The highest BCUT2D eigenvalue weighted by Gasteiger charge is 2.34. The minimum absolute atomic E-state index is 0.227. The molecule has 1 saturated heterocycles. The van der Waals surface area contributed by atoms with Crippen LogP contribution in [-0.2, 0) is 22.4 Å². The first-order valence-electron chi connectivity index (χ1n) is 18.6. The number of ether oxygens (including phenoxy) is 4. The molecule has 2 aliphatic heterocycles. The van der Waals surface area contributed by atoms with E-state index in [1.54, 1.807) is 7.11 Å². The maximum Gasteiger partial charge on any atom is 0.364 e. The number of carboxylic acid groups (broad SMARTS) is 1. The van der Waals surface area contributed by atoms with Crippen LogP contribution in [0.3, 0.4) is 0 Å². The summed E-state index contributed by atoms with van der Waals surface area (Å²) < 4.78 is 21.5. The fourth-order valence-electron chi connectivity index (χ4n) is 6.31. The van der Waals surface area contributed by atoms with Crippen LogP contribution in [-0.4, -0.2) is 75.1 Å². The number of carbonyl (C=O) groups is 2. The molecule has 0 spiro atoms. The van der Waals surface area contributed by atoms with Gasteiger partial charge in [-0.25, -0.2) is 4.79 Å². The summed E-state index contributed by atoms with van der Waals surface area (Å²) in [6.45, 7) is 14.1. The molecule has 5 rings (SSSR count). The number of benzene rings is 3. The van der Waals surface area contributed by atoms with E-state index in [4.69, 9.17) is 24.1 Å². The van der Waals surface area contributed by atoms with Crippen molar-refractivity contribution in [2.75, 3.05) is 58.8 Å². The highest BCUT2D eigenvalue weighted by atomic mass is 32.2. The first kappa shape index (κ1) is 44.4. The van der Waals surface area contributed by atoms with Crippen LogP contribution in [0.2, 0.25) is 0 Å². The maximum atomic E-state index is 11.3. The van der Waals surface area contributed by atoms with Gasteiger partial charge in [0, 0.05) is 39.0 Å². The third kappa shape index (κ3) is 14.7. The smallest absolute Gasteiger partial charge is 0.364 e. The van der Waals surface area contributed by atoms with Crippen molar-refractivity contribution in [3.05, 3.63) is 82.4 Å². The summed E-state index contributed by atoms with van der Waals surface area (Å²) in [6, 6.07) is 19.3. The molecule has 3 aromatic rings. The molecule has 0 aliphatic carbocycles. The van der Waals surface area contributed by atoms with E-state index >= 15 is 0 Å². The zero-order valence-corrected chi connectivity index (χ0v) is 33.5. The lowest BCUT2D eigenvalue weighted by atomic mass is 9.93. The standard InChI is InChI=1S/C24H29NO4.C12H19N.C4H10O.C2H4O2S/c1-2-3-4-13-27-21-8-5-18(6-9-21)22-14-20(16-25(22)11-12-26)19-7-10-23-24(15-19)29-17-28-23;1-5-10-7-9(3)8-11(6-2)12(10)13-4;1-3-4-5-2;1-5-2(3)4/h5-10,12,15,20,22H,2-4,11,13-14,16-17H2,1H3;7-8,13H,5-6H2,1-4H3;3-4H2,1-2H3;1H3,(H,3,4). The summed E-state index contributed by atoms with van der Waals surface area (Å²) in [5.74, 6) is 2.90. The number of thioether (sulfide) groups is 1. The molecule has 2 atom stereocenters. The summed E-state index contributed by atoms with van der Waals surface area (Å²) >= 11 is 0.796. The monoisotopic (exact) mass is 738 g/mol. The van der Waals surface area contributed by atoms with Gasteiger partial charge in [0.05, 0.1) is 13.2 Å². The van der Waals surface area contributed by atoms with Crippen molar-refractivity contribution in [3.8, 4) is 17.2 Å². The summed E-state index contributed by atoms with van der Waals surface area (Å²) in [6.07, 6.45) is 10.3. The molecule has 288 valence electrons. The van der Waals surface area contributed by atoms with E-state index in [1.807, 2.05) is 25.2 Å². The molecular formula is C42H62N2O7S. The number of methoxy groups -OCH3 is 1. The summed E-state index contributed by atoms with van der Waals surface area (Å²) in [7, 11) is 3.71. The maximum absolute atomic E-state index is 11.3.